The lowest BCUT2D eigenvalue weighted by atomic mass is 10.1. The number of nitrogens with zero attached hydrogens (tertiary/aromatic N) is 1. The Bertz CT molecular complexity index is 529. The number of hydrogen-bond donors (Lipinski definition) is 1. The van der Waals surface area contributed by atoms with Gasteiger partial charge in [0.15, 0.2) is 0 Å². The molecule has 1 aliphatic rings. The van der Waals surface area contributed by atoms with Crippen molar-refractivity contribution in [3.8, 4) is 0 Å². The highest BCUT2D eigenvalue weighted by atomic mass is 32.2. The summed E-state index contributed by atoms with van der Waals surface area (Å²) >= 11 is 1.87. The smallest absolute Gasteiger partial charge is 0.218 e. The van der Waals surface area contributed by atoms with E-state index in [4.69, 9.17) is 5.73 Å². The Labute approximate surface area is 125 Å². The third-order valence-corrected chi connectivity index (χ3v) is 6.75. The summed E-state index contributed by atoms with van der Waals surface area (Å²) in [5.41, 5.74) is 7.39. The van der Waals surface area contributed by atoms with Crippen molar-refractivity contribution < 1.29 is 8.42 Å². The molecule has 1 saturated heterocycles. The zero-order valence-corrected chi connectivity index (χ0v) is 13.4. The molecule has 1 aromatic carbocycles. The van der Waals surface area contributed by atoms with Gasteiger partial charge in [0, 0.05) is 30.6 Å². The molecule has 0 bridgehead atoms. The quantitative estimate of drug-likeness (QED) is 0.900. The van der Waals surface area contributed by atoms with Crippen LogP contribution in [-0.4, -0.2) is 36.8 Å². The summed E-state index contributed by atoms with van der Waals surface area (Å²) in [7, 11) is -3.21. The van der Waals surface area contributed by atoms with Crippen LogP contribution in [0.2, 0.25) is 0 Å². The molecule has 0 spiro atoms. The fraction of sp³-hybridized carbons (Fsp3) is 0.571. The summed E-state index contributed by atoms with van der Waals surface area (Å²) in [6, 6.07) is 7.50. The number of rotatable bonds is 5. The lowest BCUT2D eigenvalue weighted by Gasteiger charge is -2.31. The van der Waals surface area contributed by atoms with E-state index in [9.17, 15) is 8.42 Å². The molecule has 0 amide bonds. The number of hydrogen-bond acceptors (Lipinski definition) is 4. The molecule has 112 valence electrons. The van der Waals surface area contributed by atoms with Gasteiger partial charge < -0.3 is 5.73 Å². The highest BCUT2D eigenvalue weighted by molar-refractivity contribution is 8.00. The van der Waals surface area contributed by atoms with Gasteiger partial charge in [-0.25, -0.2) is 8.42 Å². The van der Waals surface area contributed by atoms with Crippen LogP contribution in [0.1, 0.15) is 24.5 Å². The van der Waals surface area contributed by atoms with Crippen LogP contribution in [0.3, 0.4) is 0 Å². The number of thioether (sulfide) groups is 1. The Balaban J connectivity index is 2.05. The second kappa shape index (κ2) is 6.93. The monoisotopic (exact) mass is 314 g/mol. The molecule has 20 heavy (non-hydrogen) atoms. The van der Waals surface area contributed by atoms with Crippen molar-refractivity contribution in [1.82, 2.24) is 4.31 Å². The maximum atomic E-state index is 12.5. The summed E-state index contributed by atoms with van der Waals surface area (Å²) in [6.07, 6.45) is 1.02. The van der Waals surface area contributed by atoms with E-state index < -0.39 is 10.0 Å². The highest BCUT2D eigenvalue weighted by Gasteiger charge is 2.28. The van der Waals surface area contributed by atoms with Gasteiger partial charge in [0.05, 0.1) is 5.75 Å². The molecule has 4 nitrogen and oxygen atoms in total. The molecule has 0 aromatic heterocycles. The first-order valence-electron chi connectivity index (χ1n) is 6.92. The summed E-state index contributed by atoms with van der Waals surface area (Å²) in [5.74, 6) is 0.975. The third kappa shape index (κ3) is 3.97. The lowest BCUT2D eigenvalue weighted by Crippen LogP contribution is -2.42. The van der Waals surface area contributed by atoms with Crippen molar-refractivity contribution in [3.05, 3.63) is 35.4 Å². The minimum absolute atomic E-state index is 0.0823. The van der Waals surface area contributed by atoms with Gasteiger partial charge >= 0.3 is 0 Å². The number of nitrogens with two attached hydrogens (primary N) is 1. The van der Waals surface area contributed by atoms with Crippen molar-refractivity contribution in [3.63, 3.8) is 0 Å². The first kappa shape index (κ1) is 15.8. The van der Waals surface area contributed by atoms with Crippen LogP contribution in [0, 0.1) is 0 Å². The van der Waals surface area contributed by atoms with Gasteiger partial charge in [-0.1, -0.05) is 31.2 Å². The van der Waals surface area contributed by atoms with E-state index in [0.29, 0.717) is 24.9 Å². The minimum Gasteiger partial charge on any atom is -0.326 e. The number of benzene rings is 1. The molecule has 1 fully saturated rings. The van der Waals surface area contributed by atoms with Gasteiger partial charge in [0.1, 0.15) is 0 Å². The average Bonchev–Trinajstić information content (AvgIpc) is 2.48. The third-order valence-electron chi connectivity index (χ3n) is 3.56. The second-order valence-electron chi connectivity index (χ2n) is 5.04. The van der Waals surface area contributed by atoms with Gasteiger partial charge in [-0.15, -0.1) is 0 Å². The summed E-state index contributed by atoms with van der Waals surface area (Å²) in [4.78, 5) is 0. The van der Waals surface area contributed by atoms with Crippen LogP contribution >= 0.6 is 11.8 Å². The standard InChI is InChI=1S/C14H22N2O2S2/c1-2-14-10-16(7-8-19-14)20(17,18)11-13-5-3-12(9-15)4-6-13/h3-6,14H,2,7-11,15H2,1H3. The van der Waals surface area contributed by atoms with Crippen LogP contribution in [0.5, 0.6) is 0 Å². The molecule has 1 aromatic rings. The van der Waals surface area contributed by atoms with E-state index in [1.165, 1.54) is 0 Å². The topological polar surface area (TPSA) is 63.4 Å². The van der Waals surface area contributed by atoms with E-state index in [-0.39, 0.29) is 5.75 Å². The van der Waals surface area contributed by atoms with Crippen molar-refractivity contribution in [1.29, 1.82) is 0 Å². The van der Waals surface area contributed by atoms with E-state index in [1.807, 2.05) is 36.0 Å². The van der Waals surface area contributed by atoms with Gasteiger partial charge in [-0.3, -0.25) is 0 Å². The minimum atomic E-state index is -3.21. The molecule has 1 unspecified atom stereocenters. The largest absolute Gasteiger partial charge is 0.326 e. The second-order valence-corrected chi connectivity index (χ2v) is 8.41. The first-order chi connectivity index (χ1) is 9.55. The molecule has 2 rings (SSSR count). The molecular formula is C14H22N2O2S2. The van der Waals surface area contributed by atoms with E-state index in [0.717, 1.165) is 23.3 Å². The van der Waals surface area contributed by atoms with E-state index in [2.05, 4.69) is 6.92 Å². The van der Waals surface area contributed by atoms with Crippen molar-refractivity contribution in [2.24, 2.45) is 5.73 Å². The molecule has 1 aliphatic heterocycles. The van der Waals surface area contributed by atoms with E-state index >= 15 is 0 Å². The van der Waals surface area contributed by atoms with Crippen LogP contribution in [0.15, 0.2) is 24.3 Å². The molecule has 0 saturated carbocycles. The van der Waals surface area contributed by atoms with Crippen LogP contribution in [0.4, 0.5) is 0 Å². The fourth-order valence-corrected chi connectivity index (χ4v) is 5.23. The maximum Gasteiger partial charge on any atom is 0.218 e. The zero-order chi connectivity index (χ0) is 14.6. The highest BCUT2D eigenvalue weighted by Crippen LogP contribution is 2.24. The molecular weight excluding hydrogens is 292 g/mol. The van der Waals surface area contributed by atoms with Crippen molar-refractivity contribution in [2.45, 2.75) is 30.9 Å². The van der Waals surface area contributed by atoms with Gasteiger partial charge in [0.25, 0.3) is 0 Å². The Hall–Kier alpha value is -0.560. The summed E-state index contributed by atoms with van der Waals surface area (Å²) in [6.45, 7) is 3.86. The Morgan fingerprint density at radius 3 is 2.55 bits per heavy atom. The Morgan fingerprint density at radius 1 is 1.30 bits per heavy atom. The fourth-order valence-electron chi connectivity index (χ4n) is 2.27. The predicted octanol–water partition coefficient (Wildman–Crippen LogP) is 1.80. The van der Waals surface area contributed by atoms with Crippen LogP contribution < -0.4 is 5.73 Å². The molecule has 1 heterocycles. The molecule has 1 atom stereocenters. The maximum absolute atomic E-state index is 12.5. The van der Waals surface area contributed by atoms with Crippen molar-refractivity contribution >= 4 is 21.8 Å². The molecule has 0 aliphatic carbocycles. The van der Waals surface area contributed by atoms with Crippen LogP contribution in [-0.2, 0) is 22.3 Å². The Kier molecular flexibility index (Phi) is 5.49. The van der Waals surface area contributed by atoms with Gasteiger partial charge in [-0.05, 0) is 17.5 Å². The van der Waals surface area contributed by atoms with Crippen molar-refractivity contribution in [2.75, 3.05) is 18.8 Å². The summed E-state index contributed by atoms with van der Waals surface area (Å²) < 4.78 is 26.6. The van der Waals surface area contributed by atoms with Gasteiger partial charge in [-0.2, -0.15) is 16.1 Å². The molecule has 0 radical (unpaired) electrons. The average molecular weight is 314 g/mol. The van der Waals surface area contributed by atoms with Gasteiger partial charge in [0.2, 0.25) is 10.0 Å². The van der Waals surface area contributed by atoms with E-state index in [1.54, 1.807) is 4.31 Å². The van der Waals surface area contributed by atoms with Crippen LogP contribution in [0.25, 0.3) is 0 Å². The number of sulfonamides is 1. The Morgan fingerprint density at radius 2 is 1.95 bits per heavy atom. The summed E-state index contributed by atoms with van der Waals surface area (Å²) in [5, 5.41) is 0.429. The SMILES string of the molecule is CCC1CN(S(=O)(=O)Cc2ccc(CN)cc2)CCS1. The molecule has 2 N–H and O–H groups in total. The zero-order valence-electron chi connectivity index (χ0n) is 11.8. The lowest BCUT2D eigenvalue weighted by molar-refractivity contribution is 0.415. The predicted molar refractivity (Wildman–Crippen MR) is 85.1 cm³/mol. The first-order valence-corrected chi connectivity index (χ1v) is 9.58. The molecule has 6 heteroatoms. The normalized spacial score (nSPS) is 21.0.